The third-order valence-corrected chi connectivity index (χ3v) is 5.41. The van der Waals surface area contributed by atoms with Gasteiger partial charge in [-0.15, -0.1) is 0 Å². The summed E-state index contributed by atoms with van der Waals surface area (Å²) in [5.74, 6) is -0.256. The number of para-hydroxylation sites is 2. The van der Waals surface area contributed by atoms with Crippen molar-refractivity contribution in [1.82, 2.24) is 0 Å². The summed E-state index contributed by atoms with van der Waals surface area (Å²) in [5, 5.41) is 3.06. The van der Waals surface area contributed by atoms with E-state index in [0.29, 0.717) is 0 Å². The summed E-state index contributed by atoms with van der Waals surface area (Å²) in [6.07, 6.45) is 0.142. The van der Waals surface area contributed by atoms with Crippen LogP contribution in [0, 0.1) is 13.8 Å². The van der Waals surface area contributed by atoms with Crippen LogP contribution in [0.3, 0.4) is 0 Å². The lowest BCUT2D eigenvalue weighted by Crippen LogP contribution is -2.67. The van der Waals surface area contributed by atoms with Crippen molar-refractivity contribution in [3.05, 3.63) is 95.6 Å². The van der Waals surface area contributed by atoms with Gasteiger partial charge in [-0.05, 0) is 42.7 Å². The second-order valence-corrected chi connectivity index (χ2v) is 7.19. The number of nitrogens with one attached hydrogen (secondary N) is 1. The van der Waals surface area contributed by atoms with Crippen LogP contribution in [-0.2, 0) is 15.1 Å². The van der Waals surface area contributed by atoms with E-state index in [0.717, 1.165) is 28.1 Å². The highest BCUT2D eigenvalue weighted by atomic mass is 16.2. The van der Waals surface area contributed by atoms with E-state index in [9.17, 15) is 9.59 Å². The predicted octanol–water partition coefficient (Wildman–Crippen LogP) is 4.57. The molecular formula is C24H22N2O2. The average molecular weight is 370 g/mol. The monoisotopic (exact) mass is 370 g/mol. The van der Waals surface area contributed by atoms with Crippen LogP contribution >= 0.6 is 0 Å². The van der Waals surface area contributed by atoms with Gasteiger partial charge in [0, 0.05) is 11.4 Å². The fraction of sp³-hybridized carbons (Fsp3) is 0.167. The van der Waals surface area contributed by atoms with E-state index in [-0.39, 0.29) is 18.2 Å². The molecule has 4 nitrogen and oxygen atoms in total. The van der Waals surface area contributed by atoms with Gasteiger partial charge in [-0.3, -0.25) is 14.5 Å². The van der Waals surface area contributed by atoms with E-state index in [4.69, 9.17) is 0 Å². The number of aryl methyl sites for hydroxylation is 2. The zero-order valence-corrected chi connectivity index (χ0v) is 16.0. The summed E-state index contributed by atoms with van der Waals surface area (Å²) in [4.78, 5) is 28.0. The van der Waals surface area contributed by atoms with Gasteiger partial charge in [0.1, 0.15) is 0 Å². The molecule has 1 heterocycles. The van der Waals surface area contributed by atoms with Gasteiger partial charge in [-0.1, -0.05) is 66.7 Å². The van der Waals surface area contributed by atoms with Crippen molar-refractivity contribution >= 4 is 23.2 Å². The molecule has 0 radical (unpaired) electrons. The van der Waals surface area contributed by atoms with Crippen LogP contribution < -0.4 is 10.2 Å². The van der Waals surface area contributed by atoms with Crippen molar-refractivity contribution in [2.75, 3.05) is 10.2 Å². The molecule has 1 saturated heterocycles. The Bertz CT molecular complexity index is 1050. The second-order valence-electron chi connectivity index (χ2n) is 7.19. The fourth-order valence-corrected chi connectivity index (χ4v) is 3.85. The molecule has 0 spiro atoms. The van der Waals surface area contributed by atoms with E-state index in [1.165, 1.54) is 0 Å². The number of rotatable bonds is 4. The molecule has 3 aromatic carbocycles. The summed E-state index contributed by atoms with van der Waals surface area (Å²) in [7, 11) is 0. The molecule has 1 fully saturated rings. The number of carbonyl (C=O) groups is 2. The molecule has 0 aromatic heterocycles. The Balaban J connectivity index is 1.82. The molecule has 0 bridgehead atoms. The maximum absolute atomic E-state index is 13.6. The lowest BCUT2D eigenvalue weighted by Gasteiger charge is -2.51. The second kappa shape index (κ2) is 6.97. The van der Waals surface area contributed by atoms with Crippen LogP contribution in [0.15, 0.2) is 78.9 Å². The lowest BCUT2D eigenvalue weighted by molar-refractivity contribution is -0.137. The molecule has 140 valence electrons. The Morgan fingerprint density at radius 1 is 0.857 bits per heavy atom. The number of nitrogens with zero attached hydrogens (tertiary/aromatic N) is 1. The zero-order valence-electron chi connectivity index (χ0n) is 16.0. The molecule has 4 rings (SSSR count). The molecule has 28 heavy (non-hydrogen) atoms. The Morgan fingerprint density at radius 2 is 1.46 bits per heavy atom. The molecule has 2 amide bonds. The maximum Gasteiger partial charge on any atom is 0.255 e. The average Bonchev–Trinajstić information content (AvgIpc) is 2.70. The van der Waals surface area contributed by atoms with Crippen molar-refractivity contribution < 1.29 is 9.59 Å². The Labute approximate surface area is 164 Å². The normalized spacial score (nSPS) is 18.5. The summed E-state index contributed by atoms with van der Waals surface area (Å²) >= 11 is 0. The number of anilines is 2. The molecule has 1 atom stereocenters. The molecule has 1 aliphatic heterocycles. The van der Waals surface area contributed by atoms with Crippen LogP contribution in [0.2, 0.25) is 0 Å². The van der Waals surface area contributed by atoms with E-state index < -0.39 is 5.54 Å². The first-order chi connectivity index (χ1) is 13.5. The van der Waals surface area contributed by atoms with Gasteiger partial charge in [0.05, 0.1) is 6.42 Å². The summed E-state index contributed by atoms with van der Waals surface area (Å²) in [6.45, 7) is 3.91. The van der Waals surface area contributed by atoms with Crippen LogP contribution in [0.4, 0.5) is 11.4 Å². The summed E-state index contributed by atoms with van der Waals surface area (Å²) in [6, 6.07) is 24.9. The van der Waals surface area contributed by atoms with Crippen molar-refractivity contribution in [2.45, 2.75) is 25.8 Å². The van der Waals surface area contributed by atoms with Crippen molar-refractivity contribution in [1.29, 1.82) is 0 Å². The highest BCUT2D eigenvalue weighted by Gasteiger charge is 2.58. The van der Waals surface area contributed by atoms with Gasteiger partial charge in [0.15, 0.2) is 5.54 Å². The number of hydrogen-bond donors (Lipinski definition) is 1. The maximum atomic E-state index is 13.6. The predicted molar refractivity (Wildman–Crippen MR) is 111 cm³/mol. The topological polar surface area (TPSA) is 49.4 Å². The lowest BCUT2D eigenvalue weighted by atomic mass is 9.75. The third-order valence-electron chi connectivity index (χ3n) is 5.41. The zero-order chi connectivity index (χ0) is 19.7. The highest BCUT2D eigenvalue weighted by Crippen LogP contribution is 2.46. The number of amides is 2. The van der Waals surface area contributed by atoms with Crippen molar-refractivity contribution in [3.8, 4) is 0 Å². The molecular weight excluding hydrogens is 348 g/mol. The molecule has 1 aliphatic rings. The molecule has 4 heteroatoms. The fourth-order valence-electron chi connectivity index (χ4n) is 3.85. The van der Waals surface area contributed by atoms with Gasteiger partial charge >= 0.3 is 0 Å². The van der Waals surface area contributed by atoms with Crippen molar-refractivity contribution in [2.24, 2.45) is 0 Å². The van der Waals surface area contributed by atoms with E-state index >= 15 is 0 Å². The minimum atomic E-state index is -1.06. The SMILES string of the molecule is Cc1ccccc1NC(=O)C1(c2ccccc2)CC(=O)N1c1ccccc1C. The Morgan fingerprint density at radius 3 is 2.11 bits per heavy atom. The number of carbonyl (C=O) groups excluding carboxylic acids is 2. The highest BCUT2D eigenvalue weighted by molar-refractivity contribution is 6.17. The molecule has 0 aliphatic carbocycles. The number of β-lactam (4-membered cyclic amide) rings is 1. The largest absolute Gasteiger partial charge is 0.323 e. The van der Waals surface area contributed by atoms with Crippen LogP contribution in [0.5, 0.6) is 0 Å². The van der Waals surface area contributed by atoms with Gasteiger partial charge in [0.25, 0.3) is 5.91 Å². The van der Waals surface area contributed by atoms with E-state index in [1.807, 2.05) is 92.7 Å². The summed E-state index contributed by atoms with van der Waals surface area (Å²) < 4.78 is 0. The first-order valence-electron chi connectivity index (χ1n) is 9.35. The molecule has 3 aromatic rings. The minimum absolute atomic E-state index is 0.0573. The number of benzene rings is 3. The standard InChI is InChI=1S/C24H22N2O2/c1-17-10-6-8-14-20(17)25-23(28)24(19-12-4-3-5-13-19)16-22(27)26(24)21-15-9-7-11-18(21)2/h3-15H,16H2,1-2H3,(H,25,28). The quantitative estimate of drug-likeness (QED) is 0.684. The van der Waals surface area contributed by atoms with E-state index in [1.54, 1.807) is 4.90 Å². The van der Waals surface area contributed by atoms with Crippen LogP contribution in [-0.4, -0.2) is 11.8 Å². The molecule has 1 unspecified atom stereocenters. The smallest absolute Gasteiger partial charge is 0.255 e. The first kappa shape index (κ1) is 18.0. The van der Waals surface area contributed by atoms with Crippen molar-refractivity contribution in [3.63, 3.8) is 0 Å². The minimum Gasteiger partial charge on any atom is -0.323 e. The van der Waals surface area contributed by atoms with Gasteiger partial charge in [0.2, 0.25) is 5.91 Å². The van der Waals surface area contributed by atoms with Gasteiger partial charge < -0.3 is 5.32 Å². The number of hydrogen-bond acceptors (Lipinski definition) is 2. The Hall–Kier alpha value is -3.40. The Kier molecular flexibility index (Phi) is 4.47. The van der Waals surface area contributed by atoms with E-state index in [2.05, 4.69) is 5.32 Å². The summed E-state index contributed by atoms with van der Waals surface area (Å²) in [5.41, 5.74) is 3.21. The van der Waals surface area contributed by atoms with Gasteiger partial charge in [-0.2, -0.15) is 0 Å². The molecule has 1 N–H and O–H groups in total. The van der Waals surface area contributed by atoms with Crippen LogP contribution in [0.1, 0.15) is 23.1 Å². The third kappa shape index (κ3) is 2.78. The van der Waals surface area contributed by atoms with Crippen LogP contribution in [0.25, 0.3) is 0 Å². The van der Waals surface area contributed by atoms with Gasteiger partial charge in [-0.25, -0.2) is 0 Å². The first-order valence-corrected chi connectivity index (χ1v) is 9.35. The molecule has 0 saturated carbocycles.